The molecule has 0 saturated carbocycles. The number of hydrogen-bond donors (Lipinski definition) is 1. The molecule has 94 valence electrons. The van der Waals surface area contributed by atoms with Crippen LogP contribution in [0.25, 0.3) is 11.1 Å². The monoisotopic (exact) mass is 241 g/mol. The Morgan fingerprint density at radius 1 is 1.00 bits per heavy atom. The van der Waals surface area contributed by atoms with Gasteiger partial charge in [-0.2, -0.15) is 0 Å². The number of ether oxygens (including phenoxy) is 1. The third-order valence-corrected chi connectivity index (χ3v) is 3.08. The van der Waals surface area contributed by atoms with Gasteiger partial charge in [-0.05, 0) is 48.2 Å². The van der Waals surface area contributed by atoms with Crippen LogP contribution >= 0.6 is 0 Å². The molecule has 0 radical (unpaired) electrons. The Hall–Kier alpha value is -1.80. The van der Waals surface area contributed by atoms with Gasteiger partial charge in [-0.25, -0.2) is 0 Å². The summed E-state index contributed by atoms with van der Waals surface area (Å²) in [7, 11) is 1.69. The Balaban J connectivity index is 2.60. The van der Waals surface area contributed by atoms with E-state index in [4.69, 9.17) is 10.5 Å². The summed E-state index contributed by atoms with van der Waals surface area (Å²) in [4.78, 5) is 0. The zero-order chi connectivity index (χ0) is 13.1. The molecule has 0 fully saturated rings. The maximum Gasteiger partial charge on any atom is 0.119 e. The average molecular weight is 241 g/mol. The Morgan fingerprint density at radius 3 is 2.44 bits per heavy atom. The van der Waals surface area contributed by atoms with Crippen LogP contribution in [0.1, 0.15) is 16.7 Å². The fourth-order valence-corrected chi connectivity index (χ4v) is 2.16. The molecule has 0 atom stereocenters. The van der Waals surface area contributed by atoms with E-state index in [0.717, 1.165) is 16.9 Å². The third-order valence-electron chi connectivity index (χ3n) is 3.08. The largest absolute Gasteiger partial charge is 0.497 e. The van der Waals surface area contributed by atoms with Crippen molar-refractivity contribution in [3.05, 3.63) is 53.1 Å². The summed E-state index contributed by atoms with van der Waals surface area (Å²) in [5.41, 5.74) is 11.8. The van der Waals surface area contributed by atoms with Gasteiger partial charge in [-0.1, -0.05) is 29.8 Å². The summed E-state index contributed by atoms with van der Waals surface area (Å²) in [6.45, 7) is 4.71. The SMILES string of the molecule is COc1cc(C)cc(-c2cc(C)ccc2CN)c1. The number of hydrogen-bond acceptors (Lipinski definition) is 2. The van der Waals surface area contributed by atoms with Crippen LogP contribution in [0.3, 0.4) is 0 Å². The van der Waals surface area contributed by atoms with E-state index >= 15 is 0 Å². The molecular weight excluding hydrogens is 222 g/mol. The minimum Gasteiger partial charge on any atom is -0.497 e. The summed E-state index contributed by atoms with van der Waals surface area (Å²) in [5.74, 6) is 0.884. The molecule has 0 aliphatic heterocycles. The normalized spacial score (nSPS) is 10.4. The zero-order valence-electron chi connectivity index (χ0n) is 11.2. The Morgan fingerprint density at radius 2 is 1.78 bits per heavy atom. The first-order valence-electron chi connectivity index (χ1n) is 6.09. The van der Waals surface area contributed by atoms with E-state index in [1.807, 2.05) is 6.07 Å². The molecule has 0 amide bonds. The van der Waals surface area contributed by atoms with Gasteiger partial charge >= 0.3 is 0 Å². The quantitative estimate of drug-likeness (QED) is 0.893. The molecule has 2 rings (SSSR count). The van der Waals surface area contributed by atoms with Crippen LogP contribution in [-0.4, -0.2) is 7.11 Å². The van der Waals surface area contributed by atoms with Crippen LogP contribution in [0.2, 0.25) is 0 Å². The van der Waals surface area contributed by atoms with Gasteiger partial charge in [0.2, 0.25) is 0 Å². The minimum absolute atomic E-state index is 0.547. The Kier molecular flexibility index (Phi) is 3.68. The lowest BCUT2D eigenvalue weighted by atomic mass is 9.96. The van der Waals surface area contributed by atoms with Crippen LogP contribution in [0.15, 0.2) is 36.4 Å². The standard InChI is InChI=1S/C16H19NO/c1-11-4-5-13(10-17)16(8-11)14-6-12(2)7-15(9-14)18-3/h4-9H,10,17H2,1-3H3. The van der Waals surface area contributed by atoms with Gasteiger partial charge < -0.3 is 10.5 Å². The lowest BCUT2D eigenvalue weighted by molar-refractivity contribution is 0.414. The lowest BCUT2D eigenvalue weighted by Crippen LogP contribution is -1.99. The smallest absolute Gasteiger partial charge is 0.119 e. The number of nitrogens with two attached hydrogens (primary N) is 1. The van der Waals surface area contributed by atoms with Crippen molar-refractivity contribution in [2.45, 2.75) is 20.4 Å². The van der Waals surface area contributed by atoms with Crippen molar-refractivity contribution in [1.82, 2.24) is 0 Å². The number of aryl methyl sites for hydroxylation is 2. The molecule has 2 aromatic carbocycles. The van der Waals surface area contributed by atoms with Crippen molar-refractivity contribution in [2.24, 2.45) is 5.73 Å². The second kappa shape index (κ2) is 5.23. The van der Waals surface area contributed by atoms with Crippen LogP contribution in [0.4, 0.5) is 0 Å². The molecule has 2 N–H and O–H groups in total. The molecule has 2 aromatic rings. The van der Waals surface area contributed by atoms with E-state index in [0.29, 0.717) is 6.54 Å². The van der Waals surface area contributed by atoms with Crippen molar-refractivity contribution >= 4 is 0 Å². The molecule has 0 aliphatic carbocycles. The fraction of sp³-hybridized carbons (Fsp3) is 0.250. The van der Waals surface area contributed by atoms with Gasteiger partial charge in [0.25, 0.3) is 0 Å². The van der Waals surface area contributed by atoms with Crippen molar-refractivity contribution in [3.63, 3.8) is 0 Å². The highest BCUT2D eigenvalue weighted by molar-refractivity contribution is 5.70. The fourth-order valence-electron chi connectivity index (χ4n) is 2.16. The van der Waals surface area contributed by atoms with Gasteiger partial charge in [-0.15, -0.1) is 0 Å². The van der Waals surface area contributed by atoms with Crippen LogP contribution < -0.4 is 10.5 Å². The van der Waals surface area contributed by atoms with Crippen LogP contribution in [-0.2, 0) is 6.54 Å². The van der Waals surface area contributed by atoms with Gasteiger partial charge in [0, 0.05) is 6.54 Å². The Bertz CT molecular complexity index is 561. The van der Waals surface area contributed by atoms with E-state index in [2.05, 4.69) is 44.2 Å². The van der Waals surface area contributed by atoms with Gasteiger partial charge in [-0.3, -0.25) is 0 Å². The van der Waals surface area contributed by atoms with E-state index in [-0.39, 0.29) is 0 Å². The summed E-state index contributed by atoms with van der Waals surface area (Å²) < 4.78 is 5.33. The predicted octanol–water partition coefficient (Wildman–Crippen LogP) is 3.44. The first kappa shape index (κ1) is 12.7. The molecule has 0 aromatic heterocycles. The predicted molar refractivity (Wildman–Crippen MR) is 75.8 cm³/mol. The highest BCUT2D eigenvalue weighted by Crippen LogP contribution is 2.29. The van der Waals surface area contributed by atoms with Gasteiger partial charge in [0.1, 0.15) is 5.75 Å². The molecule has 0 unspecified atom stereocenters. The summed E-state index contributed by atoms with van der Waals surface area (Å²) in [5, 5.41) is 0. The number of rotatable bonds is 3. The zero-order valence-corrected chi connectivity index (χ0v) is 11.2. The van der Waals surface area contributed by atoms with Gasteiger partial charge in [0.05, 0.1) is 7.11 Å². The average Bonchev–Trinajstić information content (AvgIpc) is 2.38. The van der Waals surface area contributed by atoms with E-state index < -0.39 is 0 Å². The molecule has 18 heavy (non-hydrogen) atoms. The molecule has 0 bridgehead atoms. The third kappa shape index (κ3) is 2.54. The number of benzene rings is 2. The molecule has 2 nitrogen and oxygen atoms in total. The topological polar surface area (TPSA) is 35.2 Å². The molecule has 0 saturated heterocycles. The van der Waals surface area contributed by atoms with E-state index in [9.17, 15) is 0 Å². The highest BCUT2D eigenvalue weighted by atomic mass is 16.5. The molecule has 0 heterocycles. The summed E-state index contributed by atoms with van der Waals surface area (Å²) in [6.07, 6.45) is 0. The summed E-state index contributed by atoms with van der Waals surface area (Å²) >= 11 is 0. The maximum absolute atomic E-state index is 5.82. The first-order chi connectivity index (χ1) is 8.63. The minimum atomic E-state index is 0.547. The van der Waals surface area contributed by atoms with Crippen molar-refractivity contribution in [1.29, 1.82) is 0 Å². The van der Waals surface area contributed by atoms with Gasteiger partial charge in [0.15, 0.2) is 0 Å². The summed E-state index contributed by atoms with van der Waals surface area (Å²) in [6, 6.07) is 12.6. The van der Waals surface area contributed by atoms with Crippen LogP contribution in [0, 0.1) is 13.8 Å². The van der Waals surface area contributed by atoms with E-state index in [1.54, 1.807) is 7.11 Å². The first-order valence-corrected chi connectivity index (χ1v) is 6.09. The second-order valence-electron chi connectivity index (χ2n) is 4.60. The second-order valence-corrected chi connectivity index (χ2v) is 4.60. The van der Waals surface area contributed by atoms with Crippen LogP contribution in [0.5, 0.6) is 5.75 Å². The molecule has 0 spiro atoms. The number of methoxy groups -OCH3 is 1. The van der Waals surface area contributed by atoms with Crippen molar-refractivity contribution in [3.8, 4) is 16.9 Å². The Labute approximate surface area is 108 Å². The molecule has 0 aliphatic rings. The lowest BCUT2D eigenvalue weighted by Gasteiger charge is -2.12. The molecule has 2 heteroatoms. The highest BCUT2D eigenvalue weighted by Gasteiger charge is 2.06. The van der Waals surface area contributed by atoms with Crippen molar-refractivity contribution < 1.29 is 4.74 Å². The maximum atomic E-state index is 5.82. The molecular formula is C16H19NO. The van der Waals surface area contributed by atoms with E-state index in [1.165, 1.54) is 16.7 Å². The van der Waals surface area contributed by atoms with Crippen molar-refractivity contribution in [2.75, 3.05) is 7.11 Å².